The van der Waals surface area contributed by atoms with Crippen LogP contribution in [0.2, 0.25) is 0 Å². The summed E-state index contributed by atoms with van der Waals surface area (Å²) in [7, 11) is 0. The third-order valence-corrected chi connectivity index (χ3v) is 2.28. The molecule has 0 amide bonds. The Kier molecular flexibility index (Phi) is 1.23. The van der Waals surface area contributed by atoms with E-state index in [4.69, 9.17) is 14.9 Å². The summed E-state index contributed by atoms with van der Waals surface area (Å²) in [6.45, 7) is 0. The van der Waals surface area contributed by atoms with E-state index in [1.54, 1.807) is 12.1 Å². The molecule has 12 heavy (non-hydrogen) atoms. The van der Waals surface area contributed by atoms with Crippen molar-refractivity contribution in [2.45, 2.75) is 11.8 Å². The third-order valence-electron chi connectivity index (χ3n) is 2.28. The van der Waals surface area contributed by atoms with E-state index >= 15 is 0 Å². The molecule has 1 heterocycles. The van der Waals surface area contributed by atoms with Gasteiger partial charge in [-0.3, -0.25) is 0 Å². The second-order valence-corrected chi connectivity index (χ2v) is 2.95. The normalized spacial score (nSPS) is 32.0. The second kappa shape index (κ2) is 2.12. The summed E-state index contributed by atoms with van der Waals surface area (Å²) >= 11 is 0. The maximum atomic E-state index is 8.87. The summed E-state index contributed by atoms with van der Waals surface area (Å²) in [4.78, 5) is 0. The number of nitrogens with zero attached hydrogens (tertiary/aromatic N) is 2. The highest BCUT2D eigenvalue weighted by atomic mass is 16.3. The molecule has 1 fully saturated rings. The van der Waals surface area contributed by atoms with E-state index in [1.807, 2.05) is 0 Å². The van der Waals surface area contributed by atoms with Gasteiger partial charge in [0.05, 0.1) is 24.3 Å². The highest BCUT2D eigenvalue weighted by Crippen LogP contribution is 2.53. The summed E-state index contributed by atoms with van der Waals surface area (Å²) < 4.78 is 5.11. The lowest BCUT2D eigenvalue weighted by atomic mass is 10.0. The highest BCUT2D eigenvalue weighted by Gasteiger charge is 2.59. The minimum atomic E-state index is -0.641. The zero-order valence-electron chi connectivity index (χ0n) is 6.32. The molecular weight excluding hydrogens is 152 g/mol. The smallest absolute Gasteiger partial charge is 0.132 e. The van der Waals surface area contributed by atoms with Crippen molar-refractivity contribution in [3.63, 3.8) is 0 Å². The molecule has 3 nitrogen and oxygen atoms in total. The van der Waals surface area contributed by atoms with Crippen LogP contribution in [0.25, 0.3) is 0 Å². The quantitative estimate of drug-likeness (QED) is 0.623. The molecule has 1 aromatic rings. The monoisotopic (exact) mass is 158 g/mol. The maximum Gasteiger partial charge on any atom is 0.132 e. The van der Waals surface area contributed by atoms with Gasteiger partial charge in [0, 0.05) is 0 Å². The Morgan fingerprint density at radius 2 is 2.42 bits per heavy atom. The molecule has 0 spiro atoms. The van der Waals surface area contributed by atoms with E-state index in [0.717, 1.165) is 0 Å². The van der Waals surface area contributed by atoms with Gasteiger partial charge in [0.2, 0.25) is 0 Å². The molecule has 1 aliphatic rings. The van der Waals surface area contributed by atoms with Gasteiger partial charge >= 0.3 is 0 Å². The molecule has 0 unspecified atom stereocenters. The van der Waals surface area contributed by atoms with Gasteiger partial charge in [0.25, 0.3) is 0 Å². The summed E-state index contributed by atoms with van der Waals surface area (Å²) in [6, 6.07) is 7.71. The van der Waals surface area contributed by atoms with Gasteiger partial charge in [-0.05, 0) is 18.6 Å². The average molecular weight is 158 g/mol. The van der Waals surface area contributed by atoms with Crippen LogP contribution in [0.4, 0.5) is 0 Å². The molecule has 58 valence electrons. The number of hydrogen-bond donors (Lipinski definition) is 0. The van der Waals surface area contributed by atoms with Crippen molar-refractivity contribution >= 4 is 0 Å². The number of hydrogen-bond acceptors (Lipinski definition) is 3. The van der Waals surface area contributed by atoms with Crippen LogP contribution in [0.1, 0.15) is 12.2 Å². The van der Waals surface area contributed by atoms with E-state index < -0.39 is 5.41 Å². The first-order valence-electron chi connectivity index (χ1n) is 3.68. The molecular formula is C9H6N2O. The Bertz CT molecular complexity index is 368. The van der Waals surface area contributed by atoms with Crippen LogP contribution in [-0.2, 0) is 5.41 Å². The Balaban J connectivity index is 2.37. The van der Waals surface area contributed by atoms with Crippen LogP contribution in [0.3, 0.4) is 0 Å². The second-order valence-electron chi connectivity index (χ2n) is 2.95. The minimum absolute atomic E-state index is 0.186. The standard InChI is InChI=1S/C9H6N2O/c10-5-7-4-9(7,6-11)8-2-1-3-12-8/h1-3,7H,4H2/t7-,9-/m0/s1. The predicted octanol–water partition coefficient (Wildman–Crippen LogP) is 1.58. The van der Waals surface area contributed by atoms with Crippen molar-refractivity contribution in [3.8, 4) is 12.1 Å². The highest BCUT2D eigenvalue weighted by molar-refractivity contribution is 5.39. The maximum absolute atomic E-state index is 8.87. The fourth-order valence-electron chi connectivity index (χ4n) is 1.40. The molecule has 0 bridgehead atoms. The van der Waals surface area contributed by atoms with Gasteiger partial charge in [-0.15, -0.1) is 0 Å². The van der Waals surface area contributed by atoms with Crippen molar-refractivity contribution in [1.29, 1.82) is 10.5 Å². The minimum Gasteiger partial charge on any atom is -0.468 e. The van der Waals surface area contributed by atoms with Crippen molar-refractivity contribution in [2.75, 3.05) is 0 Å². The molecule has 1 saturated carbocycles. The van der Waals surface area contributed by atoms with Crippen molar-refractivity contribution in [3.05, 3.63) is 24.2 Å². The zero-order valence-corrected chi connectivity index (χ0v) is 6.32. The number of rotatable bonds is 1. The molecule has 3 heteroatoms. The first kappa shape index (κ1) is 6.94. The molecule has 2 rings (SSSR count). The molecule has 0 aromatic carbocycles. The lowest BCUT2D eigenvalue weighted by Crippen LogP contribution is -2.04. The first-order chi connectivity index (χ1) is 5.83. The largest absolute Gasteiger partial charge is 0.468 e. The molecule has 0 saturated heterocycles. The third kappa shape index (κ3) is 0.682. The SMILES string of the molecule is N#C[C@@H]1C[C@@]1(C#N)c1ccco1. The van der Waals surface area contributed by atoms with E-state index in [-0.39, 0.29) is 5.92 Å². The molecule has 1 aromatic heterocycles. The van der Waals surface area contributed by atoms with Gasteiger partial charge in [-0.2, -0.15) is 10.5 Å². The lowest BCUT2D eigenvalue weighted by Gasteiger charge is -1.98. The van der Waals surface area contributed by atoms with E-state index in [1.165, 1.54) is 6.26 Å². The van der Waals surface area contributed by atoms with E-state index in [2.05, 4.69) is 12.1 Å². The van der Waals surface area contributed by atoms with Gasteiger partial charge in [-0.1, -0.05) is 0 Å². The van der Waals surface area contributed by atoms with Crippen LogP contribution in [0.15, 0.2) is 22.8 Å². The predicted molar refractivity (Wildman–Crippen MR) is 39.7 cm³/mol. The lowest BCUT2D eigenvalue weighted by molar-refractivity contribution is 0.481. The van der Waals surface area contributed by atoms with Crippen LogP contribution in [0.5, 0.6) is 0 Å². The Labute approximate surface area is 69.8 Å². The molecule has 0 aliphatic heterocycles. The summed E-state index contributed by atoms with van der Waals surface area (Å²) in [5.41, 5.74) is -0.641. The number of furan rings is 1. The van der Waals surface area contributed by atoms with Crippen LogP contribution in [-0.4, -0.2) is 0 Å². The zero-order chi connectivity index (χ0) is 8.60. The molecule has 0 N–H and O–H groups in total. The molecule has 1 aliphatic carbocycles. The Morgan fingerprint density at radius 1 is 1.58 bits per heavy atom. The van der Waals surface area contributed by atoms with Crippen molar-refractivity contribution in [2.24, 2.45) is 5.92 Å². The van der Waals surface area contributed by atoms with Crippen molar-refractivity contribution in [1.82, 2.24) is 0 Å². The van der Waals surface area contributed by atoms with Crippen LogP contribution in [0, 0.1) is 28.6 Å². The van der Waals surface area contributed by atoms with E-state index in [0.29, 0.717) is 12.2 Å². The molecule has 0 radical (unpaired) electrons. The number of nitriles is 2. The van der Waals surface area contributed by atoms with Gasteiger partial charge in [-0.25, -0.2) is 0 Å². The summed E-state index contributed by atoms with van der Waals surface area (Å²) in [5, 5.41) is 17.5. The summed E-state index contributed by atoms with van der Waals surface area (Å²) in [5.74, 6) is 0.435. The van der Waals surface area contributed by atoms with E-state index in [9.17, 15) is 0 Å². The first-order valence-corrected chi connectivity index (χ1v) is 3.68. The fourth-order valence-corrected chi connectivity index (χ4v) is 1.40. The van der Waals surface area contributed by atoms with Gasteiger partial charge in [0.15, 0.2) is 0 Å². The van der Waals surface area contributed by atoms with Crippen LogP contribution >= 0.6 is 0 Å². The molecule has 2 atom stereocenters. The van der Waals surface area contributed by atoms with Gasteiger partial charge < -0.3 is 4.42 Å². The van der Waals surface area contributed by atoms with Crippen LogP contribution < -0.4 is 0 Å². The van der Waals surface area contributed by atoms with Gasteiger partial charge in [0.1, 0.15) is 11.2 Å². The Morgan fingerprint density at radius 3 is 2.83 bits per heavy atom. The van der Waals surface area contributed by atoms with Crippen molar-refractivity contribution < 1.29 is 4.42 Å². The Hall–Kier alpha value is -1.74. The topological polar surface area (TPSA) is 60.7 Å². The fraction of sp³-hybridized carbons (Fsp3) is 0.333. The summed E-state index contributed by atoms with van der Waals surface area (Å²) in [6.07, 6.45) is 2.13. The average Bonchev–Trinajstić information content (AvgIpc) is 2.57.